The molecule has 3 N–H and O–H groups in total. The highest BCUT2D eigenvalue weighted by Crippen LogP contribution is 2.48. The van der Waals surface area contributed by atoms with Crippen LogP contribution in [0.1, 0.15) is 52.4 Å². The summed E-state index contributed by atoms with van der Waals surface area (Å²) in [7, 11) is 0. The van der Waals surface area contributed by atoms with Gasteiger partial charge in [0, 0.05) is 13.0 Å². The van der Waals surface area contributed by atoms with E-state index in [0.29, 0.717) is 24.3 Å². The van der Waals surface area contributed by atoms with Crippen LogP contribution in [0.2, 0.25) is 0 Å². The standard InChI is InChI=1S/C13H26N2O/c1-3-5-13(6-7-13)10-15-12(16)8-11(4-2)9-14/h11H,3-10,14H2,1-2H3,(H,15,16). The molecule has 0 saturated heterocycles. The zero-order chi connectivity index (χ0) is 12.0. The fourth-order valence-electron chi connectivity index (χ4n) is 2.24. The van der Waals surface area contributed by atoms with E-state index in [1.165, 1.54) is 25.7 Å². The average Bonchev–Trinajstić information content (AvgIpc) is 3.04. The fourth-order valence-corrected chi connectivity index (χ4v) is 2.24. The summed E-state index contributed by atoms with van der Waals surface area (Å²) in [6, 6.07) is 0. The zero-order valence-electron chi connectivity index (χ0n) is 10.7. The summed E-state index contributed by atoms with van der Waals surface area (Å²) in [6.07, 6.45) is 6.63. The lowest BCUT2D eigenvalue weighted by Gasteiger charge is -2.16. The molecular weight excluding hydrogens is 200 g/mol. The molecule has 0 heterocycles. The molecule has 16 heavy (non-hydrogen) atoms. The number of carbonyl (C=O) groups excluding carboxylic acids is 1. The van der Waals surface area contributed by atoms with E-state index in [-0.39, 0.29) is 5.91 Å². The summed E-state index contributed by atoms with van der Waals surface area (Å²) >= 11 is 0. The molecule has 1 fully saturated rings. The van der Waals surface area contributed by atoms with Crippen molar-refractivity contribution in [1.29, 1.82) is 0 Å². The largest absolute Gasteiger partial charge is 0.356 e. The Bertz CT molecular complexity index is 220. The average molecular weight is 226 g/mol. The van der Waals surface area contributed by atoms with Crippen molar-refractivity contribution >= 4 is 5.91 Å². The molecule has 1 atom stereocenters. The maximum atomic E-state index is 11.7. The van der Waals surface area contributed by atoms with Gasteiger partial charge in [0.1, 0.15) is 0 Å². The SMILES string of the molecule is CCCC1(CNC(=O)CC(CC)CN)CC1. The molecule has 0 radical (unpaired) electrons. The van der Waals surface area contributed by atoms with Gasteiger partial charge in [0.15, 0.2) is 0 Å². The Hall–Kier alpha value is -0.570. The van der Waals surface area contributed by atoms with Crippen LogP contribution in [0.4, 0.5) is 0 Å². The van der Waals surface area contributed by atoms with E-state index in [1.54, 1.807) is 0 Å². The van der Waals surface area contributed by atoms with Gasteiger partial charge in [-0.05, 0) is 37.1 Å². The van der Waals surface area contributed by atoms with E-state index < -0.39 is 0 Å². The van der Waals surface area contributed by atoms with Gasteiger partial charge in [0.2, 0.25) is 5.91 Å². The van der Waals surface area contributed by atoms with Gasteiger partial charge in [0.05, 0.1) is 0 Å². The fraction of sp³-hybridized carbons (Fsp3) is 0.923. The summed E-state index contributed by atoms with van der Waals surface area (Å²) in [5.41, 5.74) is 6.05. The van der Waals surface area contributed by atoms with Gasteiger partial charge in [-0.2, -0.15) is 0 Å². The number of amides is 1. The third kappa shape index (κ3) is 4.12. The molecule has 1 amide bonds. The molecule has 0 aromatic heterocycles. The first-order valence-electron chi connectivity index (χ1n) is 6.62. The van der Waals surface area contributed by atoms with E-state index in [2.05, 4.69) is 19.2 Å². The van der Waals surface area contributed by atoms with Crippen LogP contribution >= 0.6 is 0 Å². The van der Waals surface area contributed by atoms with Crippen LogP contribution in [0.25, 0.3) is 0 Å². The molecule has 3 nitrogen and oxygen atoms in total. The zero-order valence-corrected chi connectivity index (χ0v) is 10.7. The molecule has 0 spiro atoms. The Kier molecular flexibility index (Phi) is 5.26. The molecular formula is C13H26N2O. The van der Waals surface area contributed by atoms with E-state index in [9.17, 15) is 4.79 Å². The number of carbonyl (C=O) groups is 1. The third-order valence-electron chi connectivity index (χ3n) is 3.78. The summed E-state index contributed by atoms with van der Waals surface area (Å²) in [5, 5.41) is 3.07. The lowest BCUT2D eigenvalue weighted by Crippen LogP contribution is -2.32. The van der Waals surface area contributed by atoms with Crippen molar-refractivity contribution in [3.63, 3.8) is 0 Å². The number of nitrogens with two attached hydrogens (primary N) is 1. The van der Waals surface area contributed by atoms with Gasteiger partial charge >= 0.3 is 0 Å². The lowest BCUT2D eigenvalue weighted by atomic mass is 9.99. The van der Waals surface area contributed by atoms with Crippen LogP contribution < -0.4 is 11.1 Å². The Morgan fingerprint density at radius 2 is 2.12 bits per heavy atom. The third-order valence-corrected chi connectivity index (χ3v) is 3.78. The number of nitrogens with one attached hydrogen (secondary N) is 1. The minimum Gasteiger partial charge on any atom is -0.356 e. The second-order valence-corrected chi connectivity index (χ2v) is 5.24. The van der Waals surface area contributed by atoms with Crippen LogP contribution in [0.3, 0.4) is 0 Å². The molecule has 1 unspecified atom stereocenters. The van der Waals surface area contributed by atoms with Crippen LogP contribution in [-0.2, 0) is 4.79 Å². The first kappa shape index (κ1) is 13.5. The van der Waals surface area contributed by atoms with Crippen molar-refractivity contribution in [2.45, 2.75) is 52.4 Å². The number of hydrogen-bond acceptors (Lipinski definition) is 2. The molecule has 1 rings (SSSR count). The Morgan fingerprint density at radius 3 is 2.56 bits per heavy atom. The van der Waals surface area contributed by atoms with Gasteiger partial charge in [0.25, 0.3) is 0 Å². The van der Waals surface area contributed by atoms with Crippen molar-refractivity contribution in [3.8, 4) is 0 Å². The molecule has 0 aliphatic heterocycles. The first-order chi connectivity index (χ1) is 7.65. The van der Waals surface area contributed by atoms with Gasteiger partial charge < -0.3 is 11.1 Å². The maximum Gasteiger partial charge on any atom is 0.220 e. The van der Waals surface area contributed by atoms with E-state index >= 15 is 0 Å². The van der Waals surface area contributed by atoms with E-state index in [0.717, 1.165) is 13.0 Å². The highest BCUT2D eigenvalue weighted by Gasteiger charge is 2.41. The molecule has 3 heteroatoms. The van der Waals surface area contributed by atoms with Crippen molar-refractivity contribution < 1.29 is 4.79 Å². The first-order valence-corrected chi connectivity index (χ1v) is 6.62. The van der Waals surface area contributed by atoms with Crippen LogP contribution in [-0.4, -0.2) is 19.0 Å². The second kappa shape index (κ2) is 6.24. The Balaban J connectivity index is 2.19. The smallest absolute Gasteiger partial charge is 0.220 e. The monoisotopic (exact) mass is 226 g/mol. The Labute approximate surface area is 99.2 Å². The second-order valence-electron chi connectivity index (χ2n) is 5.24. The summed E-state index contributed by atoms with van der Waals surface area (Å²) in [4.78, 5) is 11.7. The Morgan fingerprint density at radius 1 is 1.44 bits per heavy atom. The molecule has 1 aliphatic carbocycles. The molecule has 94 valence electrons. The highest BCUT2D eigenvalue weighted by molar-refractivity contribution is 5.76. The minimum absolute atomic E-state index is 0.180. The van der Waals surface area contributed by atoms with Crippen molar-refractivity contribution in [1.82, 2.24) is 5.32 Å². The predicted octanol–water partition coefficient (Wildman–Crippen LogP) is 2.06. The maximum absolute atomic E-state index is 11.7. The normalized spacial score (nSPS) is 19.2. The van der Waals surface area contributed by atoms with Crippen molar-refractivity contribution in [3.05, 3.63) is 0 Å². The minimum atomic E-state index is 0.180. The van der Waals surface area contributed by atoms with Gasteiger partial charge in [-0.1, -0.05) is 26.7 Å². The van der Waals surface area contributed by atoms with Crippen molar-refractivity contribution in [2.24, 2.45) is 17.1 Å². The lowest BCUT2D eigenvalue weighted by molar-refractivity contribution is -0.122. The van der Waals surface area contributed by atoms with Crippen molar-refractivity contribution in [2.75, 3.05) is 13.1 Å². The number of rotatable bonds is 8. The van der Waals surface area contributed by atoms with E-state index in [1.807, 2.05) is 0 Å². The predicted molar refractivity (Wildman–Crippen MR) is 67.0 cm³/mol. The molecule has 0 bridgehead atoms. The van der Waals surface area contributed by atoms with Gasteiger partial charge in [-0.3, -0.25) is 4.79 Å². The molecule has 0 aromatic rings. The quantitative estimate of drug-likeness (QED) is 0.665. The van der Waals surface area contributed by atoms with Crippen LogP contribution in [0, 0.1) is 11.3 Å². The van der Waals surface area contributed by atoms with Crippen LogP contribution in [0.15, 0.2) is 0 Å². The highest BCUT2D eigenvalue weighted by atomic mass is 16.1. The van der Waals surface area contributed by atoms with Gasteiger partial charge in [-0.25, -0.2) is 0 Å². The summed E-state index contributed by atoms with van der Waals surface area (Å²) in [6.45, 7) is 5.79. The summed E-state index contributed by atoms with van der Waals surface area (Å²) < 4.78 is 0. The molecule has 1 saturated carbocycles. The van der Waals surface area contributed by atoms with Gasteiger partial charge in [-0.15, -0.1) is 0 Å². The summed E-state index contributed by atoms with van der Waals surface area (Å²) in [5.74, 6) is 0.529. The molecule has 0 aromatic carbocycles. The topological polar surface area (TPSA) is 55.1 Å². The number of hydrogen-bond donors (Lipinski definition) is 2. The van der Waals surface area contributed by atoms with E-state index in [4.69, 9.17) is 5.73 Å². The van der Waals surface area contributed by atoms with Crippen LogP contribution in [0.5, 0.6) is 0 Å². The molecule has 1 aliphatic rings.